The summed E-state index contributed by atoms with van der Waals surface area (Å²) < 4.78 is 0. The lowest BCUT2D eigenvalue weighted by atomic mass is 9.79. The first-order valence-corrected chi connectivity index (χ1v) is 4.48. The van der Waals surface area contributed by atoms with Gasteiger partial charge in [-0.3, -0.25) is 9.59 Å². The molecule has 3 aliphatic rings. The zero-order valence-electron chi connectivity index (χ0n) is 7.28. The number of hydrogen-bond acceptors (Lipinski definition) is 4. The number of amides is 2. The molecule has 14 heavy (non-hydrogen) atoms. The van der Waals surface area contributed by atoms with Crippen molar-refractivity contribution in [3.8, 4) is 0 Å². The molecular formula is C8H8N4O2. The monoisotopic (exact) mass is 192 g/mol. The topological polar surface area (TPSA) is 82.9 Å². The highest BCUT2D eigenvalue weighted by molar-refractivity contribution is 6.23. The Morgan fingerprint density at radius 2 is 1.50 bits per heavy atom. The van der Waals surface area contributed by atoms with Gasteiger partial charge in [-0.15, -0.1) is 0 Å². The van der Waals surface area contributed by atoms with Crippen molar-refractivity contribution in [2.24, 2.45) is 22.0 Å². The average Bonchev–Trinajstić information content (AvgIpc) is 2.71. The van der Waals surface area contributed by atoms with Gasteiger partial charge in [0.1, 0.15) is 0 Å². The molecule has 2 atom stereocenters. The molecule has 1 saturated carbocycles. The molecule has 2 N–H and O–H groups in total. The average molecular weight is 192 g/mol. The fourth-order valence-electron chi connectivity index (χ4n) is 2.10. The molecule has 6 heteroatoms. The number of rotatable bonds is 0. The molecule has 72 valence electrons. The van der Waals surface area contributed by atoms with Crippen molar-refractivity contribution in [2.45, 2.75) is 12.8 Å². The summed E-state index contributed by atoms with van der Waals surface area (Å²) in [6, 6.07) is 0. The van der Waals surface area contributed by atoms with Crippen LogP contribution in [0, 0.1) is 11.8 Å². The minimum absolute atomic E-state index is 0.0984. The van der Waals surface area contributed by atoms with E-state index in [2.05, 4.69) is 21.1 Å². The summed E-state index contributed by atoms with van der Waals surface area (Å²) in [5.41, 5.74) is 6.47. The minimum atomic E-state index is -0.220. The molecule has 0 aromatic rings. The highest BCUT2D eigenvalue weighted by atomic mass is 16.2. The number of nitrogens with zero attached hydrogens (tertiary/aromatic N) is 2. The van der Waals surface area contributed by atoms with Crippen LogP contribution in [-0.4, -0.2) is 23.2 Å². The number of hydrogen-bond donors (Lipinski definition) is 2. The predicted octanol–water partition coefficient (Wildman–Crippen LogP) is -1.02. The fourth-order valence-corrected chi connectivity index (χ4v) is 2.10. The lowest BCUT2D eigenvalue weighted by Gasteiger charge is -2.20. The van der Waals surface area contributed by atoms with Crippen molar-refractivity contribution in [2.75, 3.05) is 0 Å². The lowest BCUT2D eigenvalue weighted by molar-refractivity contribution is -0.124. The van der Waals surface area contributed by atoms with Crippen molar-refractivity contribution < 1.29 is 9.59 Å². The second kappa shape index (κ2) is 2.40. The molecule has 0 spiro atoms. The number of nitrogens with one attached hydrogen (secondary N) is 2. The Balaban J connectivity index is 1.94. The van der Waals surface area contributed by atoms with Crippen LogP contribution in [0.2, 0.25) is 0 Å². The van der Waals surface area contributed by atoms with Gasteiger partial charge in [0.15, 0.2) is 0 Å². The molecule has 0 bridgehead atoms. The van der Waals surface area contributed by atoms with Gasteiger partial charge < -0.3 is 0 Å². The first kappa shape index (κ1) is 7.66. The minimum Gasteiger partial charge on any atom is -0.272 e. The molecule has 2 aliphatic heterocycles. The summed E-state index contributed by atoms with van der Waals surface area (Å²) in [6.07, 6.45) is 1.04. The van der Waals surface area contributed by atoms with Gasteiger partial charge in [0.25, 0.3) is 0 Å². The largest absolute Gasteiger partial charge is 0.272 e. The Kier molecular flexibility index (Phi) is 1.31. The van der Waals surface area contributed by atoms with E-state index in [0.717, 1.165) is 11.4 Å². The van der Waals surface area contributed by atoms with Gasteiger partial charge in [0.2, 0.25) is 11.8 Å². The Labute approximate surface area is 79.4 Å². The third-order valence-electron chi connectivity index (χ3n) is 2.89. The van der Waals surface area contributed by atoms with Crippen LogP contribution >= 0.6 is 0 Å². The van der Waals surface area contributed by atoms with Crippen LogP contribution in [0.5, 0.6) is 0 Å². The molecule has 2 heterocycles. The number of fused-ring (bicyclic) bond motifs is 2. The maximum absolute atomic E-state index is 11.3. The summed E-state index contributed by atoms with van der Waals surface area (Å²) in [5.74, 6) is -0.636. The van der Waals surface area contributed by atoms with Crippen LogP contribution in [-0.2, 0) is 9.59 Å². The maximum Gasteiger partial charge on any atom is 0.248 e. The summed E-state index contributed by atoms with van der Waals surface area (Å²) >= 11 is 0. The molecule has 0 aromatic heterocycles. The number of carbonyl (C=O) groups is 2. The van der Waals surface area contributed by atoms with Crippen LogP contribution in [0.3, 0.4) is 0 Å². The highest BCUT2D eigenvalue weighted by Gasteiger charge is 2.44. The van der Waals surface area contributed by atoms with Gasteiger partial charge in [-0.2, -0.15) is 10.2 Å². The van der Waals surface area contributed by atoms with Gasteiger partial charge in [0.05, 0.1) is 23.3 Å². The number of hydrazone groups is 2. The van der Waals surface area contributed by atoms with E-state index in [9.17, 15) is 9.59 Å². The number of carbonyl (C=O) groups excluding carboxylic acids is 2. The van der Waals surface area contributed by atoms with E-state index in [0.29, 0.717) is 12.8 Å². The molecule has 1 fully saturated rings. The molecule has 1 aliphatic carbocycles. The summed E-state index contributed by atoms with van der Waals surface area (Å²) in [7, 11) is 0. The van der Waals surface area contributed by atoms with Gasteiger partial charge in [-0.1, -0.05) is 0 Å². The first-order valence-electron chi connectivity index (χ1n) is 4.48. The SMILES string of the molecule is O=C1NN=C2CC3=NNC(=O)C3CC12. The standard InChI is InChI=1S/C8H8N4O2/c13-7-3-1-4-6(10-12-8(4)14)2-5(3)9-11-7/h3-4H,1-2H2,(H,11,13)(H,12,14). The summed E-state index contributed by atoms with van der Waals surface area (Å²) in [4.78, 5) is 22.6. The summed E-state index contributed by atoms with van der Waals surface area (Å²) in [5, 5.41) is 7.84. The molecule has 0 aromatic carbocycles. The van der Waals surface area contributed by atoms with Crippen molar-refractivity contribution >= 4 is 23.2 Å². The highest BCUT2D eigenvalue weighted by Crippen LogP contribution is 2.30. The van der Waals surface area contributed by atoms with Gasteiger partial charge >= 0.3 is 0 Å². The van der Waals surface area contributed by atoms with Crippen molar-refractivity contribution in [3.63, 3.8) is 0 Å². The van der Waals surface area contributed by atoms with E-state index < -0.39 is 0 Å². The third kappa shape index (κ3) is 0.850. The maximum atomic E-state index is 11.3. The fraction of sp³-hybridized carbons (Fsp3) is 0.500. The van der Waals surface area contributed by atoms with E-state index in [1.165, 1.54) is 0 Å². The first-order chi connectivity index (χ1) is 6.75. The Bertz CT molecular complexity index is 362. The Hall–Kier alpha value is -1.72. The quantitative estimate of drug-likeness (QED) is 0.515. The zero-order valence-corrected chi connectivity index (χ0v) is 7.28. The van der Waals surface area contributed by atoms with Gasteiger partial charge in [0, 0.05) is 6.42 Å². The van der Waals surface area contributed by atoms with Gasteiger partial charge in [-0.25, -0.2) is 10.9 Å². The molecular weight excluding hydrogens is 184 g/mol. The lowest BCUT2D eigenvalue weighted by Crippen LogP contribution is -2.37. The molecule has 2 amide bonds. The Morgan fingerprint density at radius 3 is 2.00 bits per heavy atom. The third-order valence-corrected chi connectivity index (χ3v) is 2.89. The summed E-state index contributed by atoms with van der Waals surface area (Å²) in [6.45, 7) is 0. The van der Waals surface area contributed by atoms with Gasteiger partial charge in [-0.05, 0) is 6.42 Å². The molecule has 0 radical (unpaired) electrons. The Morgan fingerprint density at radius 1 is 1.00 bits per heavy atom. The normalized spacial score (nSPS) is 34.0. The van der Waals surface area contributed by atoms with Crippen molar-refractivity contribution in [1.82, 2.24) is 10.9 Å². The van der Waals surface area contributed by atoms with E-state index in [1.54, 1.807) is 0 Å². The van der Waals surface area contributed by atoms with E-state index in [1.807, 2.05) is 0 Å². The van der Waals surface area contributed by atoms with Crippen molar-refractivity contribution in [1.29, 1.82) is 0 Å². The van der Waals surface area contributed by atoms with Crippen LogP contribution < -0.4 is 10.9 Å². The second-order valence-corrected chi connectivity index (χ2v) is 3.68. The molecule has 2 unspecified atom stereocenters. The van der Waals surface area contributed by atoms with E-state index in [-0.39, 0.29) is 23.7 Å². The van der Waals surface area contributed by atoms with Crippen molar-refractivity contribution in [3.05, 3.63) is 0 Å². The molecule has 0 saturated heterocycles. The second-order valence-electron chi connectivity index (χ2n) is 3.68. The van der Waals surface area contributed by atoms with Crippen LogP contribution in [0.1, 0.15) is 12.8 Å². The smallest absolute Gasteiger partial charge is 0.248 e. The predicted molar refractivity (Wildman–Crippen MR) is 47.4 cm³/mol. The molecule has 3 rings (SSSR count). The van der Waals surface area contributed by atoms with E-state index >= 15 is 0 Å². The zero-order chi connectivity index (χ0) is 9.71. The van der Waals surface area contributed by atoms with Crippen LogP contribution in [0.25, 0.3) is 0 Å². The van der Waals surface area contributed by atoms with E-state index in [4.69, 9.17) is 0 Å². The molecule has 6 nitrogen and oxygen atoms in total. The van der Waals surface area contributed by atoms with Crippen LogP contribution in [0.15, 0.2) is 10.2 Å². The van der Waals surface area contributed by atoms with Crippen LogP contribution in [0.4, 0.5) is 0 Å².